The van der Waals surface area contributed by atoms with Gasteiger partial charge in [0.2, 0.25) is 0 Å². The summed E-state index contributed by atoms with van der Waals surface area (Å²) < 4.78 is 2.05. The Morgan fingerprint density at radius 3 is 2.82 bits per heavy atom. The van der Waals surface area contributed by atoms with E-state index in [4.69, 9.17) is 5.73 Å². The molecular weight excluding hydrogens is 210 g/mol. The molecule has 0 aliphatic carbocycles. The highest BCUT2D eigenvalue weighted by atomic mass is 15.0. The standard InChI is InChI=1S/C14H13N3/c1-10-4-2-3-5-13(10)14-16-9-12-8-11(15)6-7-17(12)14/h2-9H,15H2,1H3. The van der Waals surface area contributed by atoms with Crippen LogP contribution in [0.15, 0.2) is 48.8 Å². The summed E-state index contributed by atoms with van der Waals surface area (Å²) in [7, 11) is 0. The largest absolute Gasteiger partial charge is 0.399 e. The number of aryl methyl sites for hydroxylation is 1. The van der Waals surface area contributed by atoms with E-state index < -0.39 is 0 Å². The molecule has 0 amide bonds. The molecule has 0 unspecified atom stereocenters. The maximum Gasteiger partial charge on any atom is 0.144 e. The van der Waals surface area contributed by atoms with Gasteiger partial charge in [-0.25, -0.2) is 4.98 Å². The highest BCUT2D eigenvalue weighted by molar-refractivity contribution is 5.67. The Bertz CT molecular complexity index is 683. The van der Waals surface area contributed by atoms with E-state index in [1.54, 1.807) is 0 Å². The Morgan fingerprint density at radius 2 is 2.00 bits per heavy atom. The molecule has 3 rings (SSSR count). The van der Waals surface area contributed by atoms with Crippen LogP contribution < -0.4 is 5.73 Å². The molecule has 1 aromatic carbocycles. The van der Waals surface area contributed by atoms with Crippen LogP contribution in [0.4, 0.5) is 5.69 Å². The number of hydrogen-bond donors (Lipinski definition) is 1. The monoisotopic (exact) mass is 223 g/mol. The van der Waals surface area contributed by atoms with E-state index in [1.165, 1.54) is 5.56 Å². The van der Waals surface area contributed by atoms with Crippen LogP contribution in [0, 0.1) is 6.92 Å². The first-order valence-electron chi connectivity index (χ1n) is 5.54. The molecule has 0 saturated heterocycles. The zero-order chi connectivity index (χ0) is 11.8. The minimum Gasteiger partial charge on any atom is -0.399 e. The van der Waals surface area contributed by atoms with Crippen LogP contribution in [0.1, 0.15) is 5.56 Å². The van der Waals surface area contributed by atoms with Crippen molar-refractivity contribution in [2.75, 3.05) is 5.73 Å². The van der Waals surface area contributed by atoms with Gasteiger partial charge in [-0.2, -0.15) is 0 Å². The number of fused-ring (bicyclic) bond motifs is 1. The molecule has 0 aliphatic rings. The predicted octanol–water partition coefficient (Wildman–Crippen LogP) is 2.89. The molecule has 0 aliphatic heterocycles. The number of imidazole rings is 1. The molecule has 3 heteroatoms. The molecule has 0 spiro atoms. The number of nitrogens with two attached hydrogens (primary N) is 1. The van der Waals surface area contributed by atoms with Crippen molar-refractivity contribution in [2.45, 2.75) is 6.92 Å². The molecule has 2 aromatic heterocycles. The van der Waals surface area contributed by atoms with E-state index in [0.29, 0.717) is 0 Å². The van der Waals surface area contributed by atoms with E-state index in [2.05, 4.69) is 28.4 Å². The highest BCUT2D eigenvalue weighted by Gasteiger charge is 2.07. The summed E-state index contributed by atoms with van der Waals surface area (Å²) in [6, 6.07) is 12.0. The second-order valence-corrected chi connectivity index (χ2v) is 4.15. The molecule has 0 atom stereocenters. The van der Waals surface area contributed by atoms with Gasteiger partial charge < -0.3 is 5.73 Å². The minimum absolute atomic E-state index is 0.758. The van der Waals surface area contributed by atoms with Crippen molar-refractivity contribution in [3.05, 3.63) is 54.4 Å². The zero-order valence-electron chi connectivity index (χ0n) is 9.59. The van der Waals surface area contributed by atoms with Crippen molar-refractivity contribution in [3.63, 3.8) is 0 Å². The van der Waals surface area contributed by atoms with Gasteiger partial charge in [0, 0.05) is 17.4 Å². The van der Waals surface area contributed by atoms with Gasteiger partial charge in [-0.3, -0.25) is 4.40 Å². The highest BCUT2D eigenvalue weighted by Crippen LogP contribution is 2.23. The Labute approximate surface area is 99.5 Å². The lowest BCUT2D eigenvalue weighted by atomic mass is 10.1. The summed E-state index contributed by atoms with van der Waals surface area (Å²) in [5.41, 5.74) is 9.91. The van der Waals surface area contributed by atoms with Crippen molar-refractivity contribution >= 4 is 11.2 Å². The molecule has 0 fully saturated rings. The molecule has 0 bridgehead atoms. The number of nitrogen functional groups attached to an aromatic ring is 1. The molecular formula is C14H13N3. The van der Waals surface area contributed by atoms with Crippen molar-refractivity contribution in [1.82, 2.24) is 9.38 Å². The van der Waals surface area contributed by atoms with Crippen LogP contribution in [0.2, 0.25) is 0 Å². The molecule has 17 heavy (non-hydrogen) atoms. The second kappa shape index (κ2) is 3.63. The topological polar surface area (TPSA) is 43.3 Å². The van der Waals surface area contributed by atoms with E-state index in [1.807, 2.05) is 36.7 Å². The number of benzene rings is 1. The van der Waals surface area contributed by atoms with Crippen molar-refractivity contribution in [3.8, 4) is 11.4 Å². The number of pyridine rings is 1. The van der Waals surface area contributed by atoms with Crippen LogP contribution in [-0.2, 0) is 0 Å². The number of nitrogens with zero attached hydrogens (tertiary/aromatic N) is 2. The first-order chi connectivity index (χ1) is 8.25. The van der Waals surface area contributed by atoms with Crippen LogP contribution in [0.5, 0.6) is 0 Å². The Kier molecular flexibility index (Phi) is 2.11. The quantitative estimate of drug-likeness (QED) is 0.689. The summed E-state index contributed by atoms with van der Waals surface area (Å²) in [5.74, 6) is 0.957. The van der Waals surface area contributed by atoms with Crippen LogP contribution in [0.25, 0.3) is 16.9 Å². The first-order valence-corrected chi connectivity index (χ1v) is 5.54. The SMILES string of the molecule is Cc1ccccc1-c1ncc2cc(N)ccn12. The van der Waals surface area contributed by atoms with Crippen LogP contribution in [-0.4, -0.2) is 9.38 Å². The molecule has 2 heterocycles. The summed E-state index contributed by atoms with van der Waals surface area (Å²) in [6.45, 7) is 2.09. The summed E-state index contributed by atoms with van der Waals surface area (Å²) in [6.07, 6.45) is 3.80. The predicted molar refractivity (Wildman–Crippen MR) is 69.8 cm³/mol. The minimum atomic E-state index is 0.758. The van der Waals surface area contributed by atoms with Crippen LogP contribution >= 0.6 is 0 Å². The van der Waals surface area contributed by atoms with Crippen molar-refractivity contribution in [2.24, 2.45) is 0 Å². The van der Waals surface area contributed by atoms with Gasteiger partial charge in [0.15, 0.2) is 0 Å². The van der Waals surface area contributed by atoms with Gasteiger partial charge in [0.25, 0.3) is 0 Å². The number of hydrogen-bond acceptors (Lipinski definition) is 2. The van der Waals surface area contributed by atoms with Gasteiger partial charge >= 0.3 is 0 Å². The fraction of sp³-hybridized carbons (Fsp3) is 0.0714. The molecule has 0 saturated carbocycles. The summed E-state index contributed by atoms with van der Waals surface area (Å²) in [5, 5.41) is 0. The van der Waals surface area contributed by atoms with Crippen molar-refractivity contribution < 1.29 is 0 Å². The first kappa shape index (κ1) is 9.90. The fourth-order valence-corrected chi connectivity index (χ4v) is 2.04. The number of anilines is 1. The number of aromatic nitrogens is 2. The number of rotatable bonds is 1. The molecule has 84 valence electrons. The van der Waals surface area contributed by atoms with E-state index >= 15 is 0 Å². The van der Waals surface area contributed by atoms with E-state index in [0.717, 1.165) is 22.6 Å². The van der Waals surface area contributed by atoms with Crippen LogP contribution in [0.3, 0.4) is 0 Å². The van der Waals surface area contributed by atoms with Crippen molar-refractivity contribution in [1.29, 1.82) is 0 Å². The van der Waals surface area contributed by atoms with Gasteiger partial charge in [0.1, 0.15) is 5.82 Å². The Hall–Kier alpha value is -2.29. The molecule has 3 nitrogen and oxygen atoms in total. The van der Waals surface area contributed by atoms with E-state index in [9.17, 15) is 0 Å². The lowest BCUT2D eigenvalue weighted by Crippen LogP contribution is -1.92. The average Bonchev–Trinajstić information content (AvgIpc) is 2.72. The third-order valence-corrected chi connectivity index (χ3v) is 2.94. The van der Waals surface area contributed by atoms with Gasteiger partial charge in [-0.15, -0.1) is 0 Å². The van der Waals surface area contributed by atoms with Gasteiger partial charge in [-0.05, 0) is 24.6 Å². The molecule has 0 radical (unpaired) electrons. The third kappa shape index (κ3) is 1.56. The lowest BCUT2D eigenvalue weighted by Gasteiger charge is -2.05. The van der Waals surface area contributed by atoms with E-state index in [-0.39, 0.29) is 0 Å². The Morgan fingerprint density at radius 1 is 1.18 bits per heavy atom. The maximum atomic E-state index is 5.76. The smallest absolute Gasteiger partial charge is 0.144 e. The lowest BCUT2D eigenvalue weighted by molar-refractivity contribution is 1.16. The fourth-order valence-electron chi connectivity index (χ4n) is 2.04. The second-order valence-electron chi connectivity index (χ2n) is 4.15. The summed E-state index contributed by atoms with van der Waals surface area (Å²) in [4.78, 5) is 4.47. The average molecular weight is 223 g/mol. The zero-order valence-corrected chi connectivity index (χ0v) is 9.59. The molecule has 2 N–H and O–H groups in total. The summed E-state index contributed by atoms with van der Waals surface area (Å²) >= 11 is 0. The maximum absolute atomic E-state index is 5.76. The van der Waals surface area contributed by atoms with Gasteiger partial charge in [0.05, 0.1) is 11.7 Å². The molecule has 3 aromatic rings. The Balaban J connectivity index is 2.29. The van der Waals surface area contributed by atoms with Gasteiger partial charge in [-0.1, -0.05) is 24.3 Å². The normalized spacial score (nSPS) is 10.9. The third-order valence-electron chi connectivity index (χ3n) is 2.94.